The van der Waals surface area contributed by atoms with E-state index in [1.165, 1.54) is 6.42 Å². The third-order valence-corrected chi connectivity index (χ3v) is 4.96. The quantitative estimate of drug-likeness (QED) is 0.689. The van der Waals surface area contributed by atoms with Gasteiger partial charge >= 0.3 is 0 Å². The summed E-state index contributed by atoms with van der Waals surface area (Å²) in [6, 6.07) is 0. The molecule has 0 aromatic rings. The Kier molecular flexibility index (Phi) is 6.45. The lowest BCUT2D eigenvalue weighted by Gasteiger charge is -2.35. The minimum Gasteiger partial charge on any atom is -0.388 e. The van der Waals surface area contributed by atoms with Crippen LogP contribution in [0.5, 0.6) is 0 Å². The molecule has 1 aliphatic heterocycles. The molecule has 0 radical (unpaired) electrons. The SMILES string of the molecule is CCC1CCC(O)(CNC(=O)COC2CCNCC2)CC1. The molecule has 3 N–H and O–H groups in total. The Hall–Kier alpha value is -0.650. The number of amides is 1. The second kappa shape index (κ2) is 8.11. The van der Waals surface area contributed by atoms with Crippen molar-refractivity contribution < 1.29 is 14.6 Å². The van der Waals surface area contributed by atoms with E-state index in [9.17, 15) is 9.90 Å². The van der Waals surface area contributed by atoms with Gasteiger partial charge in [-0.1, -0.05) is 13.3 Å². The topological polar surface area (TPSA) is 70.6 Å². The van der Waals surface area contributed by atoms with E-state index in [0.29, 0.717) is 6.54 Å². The first-order chi connectivity index (χ1) is 10.1. The highest BCUT2D eigenvalue weighted by Crippen LogP contribution is 2.33. The van der Waals surface area contributed by atoms with Crippen LogP contribution in [-0.2, 0) is 9.53 Å². The molecule has 1 heterocycles. The molecule has 5 nitrogen and oxygen atoms in total. The summed E-state index contributed by atoms with van der Waals surface area (Å²) >= 11 is 0. The lowest BCUT2D eigenvalue weighted by atomic mass is 9.78. The van der Waals surface area contributed by atoms with Crippen molar-refractivity contribution in [2.45, 2.75) is 63.6 Å². The molecule has 1 saturated carbocycles. The summed E-state index contributed by atoms with van der Waals surface area (Å²) in [6.07, 6.45) is 7.03. The molecule has 1 amide bonds. The number of aliphatic hydroxyl groups is 1. The molecule has 0 aromatic carbocycles. The van der Waals surface area contributed by atoms with Gasteiger partial charge in [0.2, 0.25) is 5.91 Å². The molecule has 0 bridgehead atoms. The number of rotatable bonds is 6. The Morgan fingerprint density at radius 3 is 2.57 bits per heavy atom. The first-order valence-corrected chi connectivity index (χ1v) is 8.43. The molecule has 1 saturated heterocycles. The maximum Gasteiger partial charge on any atom is 0.246 e. The summed E-state index contributed by atoms with van der Waals surface area (Å²) in [5.74, 6) is 0.629. The lowest BCUT2D eigenvalue weighted by molar-refractivity contribution is -0.130. The van der Waals surface area contributed by atoms with E-state index in [2.05, 4.69) is 17.6 Å². The zero-order chi connectivity index (χ0) is 15.1. The van der Waals surface area contributed by atoms with E-state index >= 15 is 0 Å². The number of carbonyl (C=O) groups is 1. The van der Waals surface area contributed by atoms with E-state index < -0.39 is 5.60 Å². The highest BCUT2D eigenvalue weighted by atomic mass is 16.5. The minimum absolute atomic E-state index is 0.109. The number of carbonyl (C=O) groups excluding carboxylic acids is 1. The van der Waals surface area contributed by atoms with Crippen molar-refractivity contribution in [3.8, 4) is 0 Å². The Balaban J connectivity index is 1.61. The number of piperidine rings is 1. The summed E-state index contributed by atoms with van der Waals surface area (Å²) in [5.41, 5.74) is -0.712. The molecule has 5 heteroatoms. The largest absolute Gasteiger partial charge is 0.388 e. The number of hydrogen-bond donors (Lipinski definition) is 3. The van der Waals surface area contributed by atoms with Crippen LogP contribution in [0.4, 0.5) is 0 Å². The van der Waals surface area contributed by atoms with Gasteiger partial charge in [0.1, 0.15) is 6.61 Å². The second-order valence-electron chi connectivity index (χ2n) is 6.61. The van der Waals surface area contributed by atoms with Crippen molar-refractivity contribution in [2.24, 2.45) is 5.92 Å². The van der Waals surface area contributed by atoms with Gasteiger partial charge in [0, 0.05) is 6.54 Å². The van der Waals surface area contributed by atoms with Crippen molar-refractivity contribution >= 4 is 5.91 Å². The van der Waals surface area contributed by atoms with Gasteiger partial charge in [-0.25, -0.2) is 0 Å². The second-order valence-corrected chi connectivity index (χ2v) is 6.61. The van der Waals surface area contributed by atoms with E-state index in [1.807, 2.05) is 0 Å². The highest BCUT2D eigenvalue weighted by molar-refractivity contribution is 5.77. The average Bonchev–Trinajstić information content (AvgIpc) is 2.53. The maximum atomic E-state index is 11.8. The number of hydrogen-bond acceptors (Lipinski definition) is 4. The summed E-state index contributed by atoms with van der Waals surface area (Å²) in [4.78, 5) is 11.8. The van der Waals surface area contributed by atoms with Gasteiger partial charge < -0.3 is 20.5 Å². The molecule has 0 spiro atoms. The van der Waals surface area contributed by atoms with Crippen LogP contribution >= 0.6 is 0 Å². The van der Waals surface area contributed by atoms with Gasteiger partial charge in [0.15, 0.2) is 0 Å². The molecular formula is C16H30N2O3. The Labute approximate surface area is 127 Å². The van der Waals surface area contributed by atoms with E-state index in [4.69, 9.17) is 4.74 Å². The first kappa shape index (κ1) is 16.7. The van der Waals surface area contributed by atoms with Crippen LogP contribution in [0, 0.1) is 5.92 Å². The fraction of sp³-hybridized carbons (Fsp3) is 0.938. The summed E-state index contributed by atoms with van der Waals surface area (Å²) in [5, 5.41) is 16.6. The van der Waals surface area contributed by atoms with Gasteiger partial charge in [-0.05, 0) is 57.5 Å². The Morgan fingerprint density at radius 1 is 1.29 bits per heavy atom. The van der Waals surface area contributed by atoms with Crippen LogP contribution in [0.3, 0.4) is 0 Å². The molecule has 1 aliphatic carbocycles. The third-order valence-electron chi connectivity index (χ3n) is 4.96. The average molecular weight is 298 g/mol. The molecule has 21 heavy (non-hydrogen) atoms. The zero-order valence-corrected chi connectivity index (χ0v) is 13.2. The standard InChI is InChI=1S/C16H30N2O3/c1-2-13-3-7-16(20,8-4-13)12-18-15(19)11-21-14-5-9-17-10-6-14/h13-14,17,20H,2-12H2,1H3,(H,18,19). The van der Waals surface area contributed by atoms with Crippen LogP contribution in [-0.4, -0.2) is 49.0 Å². The Morgan fingerprint density at radius 2 is 1.95 bits per heavy atom. The van der Waals surface area contributed by atoms with Crippen molar-refractivity contribution in [3.63, 3.8) is 0 Å². The molecule has 0 aromatic heterocycles. The van der Waals surface area contributed by atoms with Crippen molar-refractivity contribution in [1.82, 2.24) is 10.6 Å². The number of nitrogens with one attached hydrogen (secondary N) is 2. The van der Waals surface area contributed by atoms with Crippen molar-refractivity contribution in [1.29, 1.82) is 0 Å². The molecule has 0 atom stereocenters. The first-order valence-electron chi connectivity index (χ1n) is 8.43. The zero-order valence-electron chi connectivity index (χ0n) is 13.2. The van der Waals surface area contributed by atoms with Crippen molar-refractivity contribution in [3.05, 3.63) is 0 Å². The Bertz CT molecular complexity index is 321. The van der Waals surface area contributed by atoms with E-state index in [1.54, 1.807) is 0 Å². The summed E-state index contributed by atoms with van der Waals surface area (Å²) in [7, 11) is 0. The van der Waals surface area contributed by atoms with Crippen LogP contribution in [0.2, 0.25) is 0 Å². The van der Waals surface area contributed by atoms with Crippen LogP contribution in [0.15, 0.2) is 0 Å². The van der Waals surface area contributed by atoms with Gasteiger partial charge in [-0.2, -0.15) is 0 Å². The predicted molar refractivity (Wildman–Crippen MR) is 82.1 cm³/mol. The van der Waals surface area contributed by atoms with E-state index in [0.717, 1.165) is 57.5 Å². The van der Waals surface area contributed by atoms with Gasteiger partial charge in [-0.15, -0.1) is 0 Å². The van der Waals surface area contributed by atoms with Crippen LogP contribution < -0.4 is 10.6 Å². The van der Waals surface area contributed by atoms with Crippen molar-refractivity contribution in [2.75, 3.05) is 26.2 Å². The molecular weight excluding hydrogens is 268 g/mol. The molecule has 2 fully saturated rings. The van der Waals surface area contributed by atoms with Crippen LogP contribution in [0.25, 0.3) is 0 Å². The summed E-state index contributed by atoms with van der Waals surface area (Å²) < 4.78 is 5.62. The third kappa shape index (κ3) is 5.57. The van der Waals surface area contributed by atoms with Crippen LogP contribution in [0.1, 0.15) is 51.9 Å². The van der Waals surface area contributed by atoms with Gasteiger partial charge in [0.05, 0.1) is 11.7 Å². The normalized spacial score (nSPS) is 31.0. The molecule has 0 unspecified atom stereocenters. The highest BCUT2D eigenvalue weighted by Gasteiger charge is 2.32. The summed E-state index contributed by atoms with van der Waals surface area (Å²) in [6.45, 7) is 4.60. The maximum absolute atomic E-state index is 11.8. The van der Waals surface area contributed by atoms with E-state index in [-0.39, 0.29) is 18.6 Å². The predicted octanol–water partition coefficient (Wildman–Crippen LogP) is 1.20. The molecule has 2 rings (SSSR count). The fourth-order valence-electron chi connectivity index (χ4n) is 3.27. The molecule has 122 valence electrons. The monoisotopic (exact) mass is 298 g/mol. The lowest BCUT2D eigenvalue weighted by Crippen LogP contribution is -2.46. The number of ether oxygens (including phenoxy) is 1. The molecule has 2 aliphatic rings. The van der Waals surface area contributed by atoms with Gasteiger partial charge in [-0.3, -0.25) is 4.79 Å². The smallest absolute Gasteiger partial charge is 0.246 e. The minimum atomic E-state index is -0.712. The fourth-order valence-corrected chi connectivity index (χ4v) is 3.27. The van der Waals surface area contributed by atoms with Gasteiger partial charge in [0.25, 0.3) is 0 Å².